The summed E-state index contributed by atoms with van der Waals surface area (Å²) >= 11 is 0. The highest BCUT2D eigenvalue weighted by Crippen LogP contribution is 2.22. The summed E-state index contributed by atoms with van der Waals surface area (Å²) in [4.78, 5) is 9.69. The lowest BCUT2D eigenvalue weighted by Crippen LogP contribution is -2.49. The van der Waals surface area contributed by atoms with Crippen molar-refractivity contribution in [1.82, 2.24) is 14.8 Å². The third-order valence-electron chi connectivity index (χ3n) is 4.48. The Morgan fingerprint density at radius 3 is 2.86 bits per heavy atom. The van der Waals surface area contributed by atoms with E-state index in [2.05, 4.69) is 53.4 Å². The number of rotatable bonds is 3. The van der Waals surface area contributed by atoms with Gasteiger partial charge in [0.1, 0.15) is 5.82 Å². The predicted octanol–water partition coefficient (Wildman–Crippen LogP) is 2.41. The summed E-state index contributed by atoms with van der Waals surface area (Å²) in [5, 5.41) is 4.47. The highest BCUT2D eigenvalue weighted by Gasteiger charge is 2.21. The van der Waals surface area contributed by atoms with Gasteiger partial charge in [-0.1, -0.05) is 18.2 Å². The summed E-state index contributed by atoms with van der Waals surface area (Å²) in [5.74, 6) is 1.00. The van der Waals surface area contributed by atoms with E-state index in [-0.39, 0.29) is 0 Å². The summed E-state index contributed by atoms with van der Waals surface area (Å²) in [5.41, 5.74) is 2.34. The second-order valence-corrected chi connectivity index (χ2v) is 6.00. The van der Waals surface area contributed by atoms with Crippen LogP contribution in [-0.2, 0) is 6.54 Å². The van der Waals surface area contributed by atoms with Gasteiger partial charge in [-0.25, -0.2) is 4.98 Å². The number of para-hydroxylation sites is 1. The zero-order valence-corrected chi connectivity index (χ0v) is 13.1. The number of aromatic nitrogens is 1. The molecule has 4 nitrogen and oxygen atoms in total. The normalized spacial score (nSPS) is 20.8. The summed E-state index contributed by atoms with van der Waals surface area (Å²) in [6.07, 6.45) is 0. The van der Waals surface area contributed by atoms with Gasteiger partial charge in [-0.15, -0.1) is 0 Å². The Kier molecular flexibility index (Phi) is 4.08. The molecule has 1 aliphatic heterocycles. The van der Waals surface area contributed by atoms with Crippen LogP contribution in [-0.4, -0.2) is 54.6 Å². The first-order valence-corrected chi connectivity index (χ1v) is 7.66. The molecule has 1 aromatic carbocycles. The minimum atomic E-state index is 0.616. The zero-order valence-electron chi connectivity index (χ0n) is 13.1. The van der Waals surface area contributed by atoms with Crippen LogP contribution in [0.25, 0.3) is 10.9 Å². The van der Waals surface area contributed by atoms with E-state index in [0.29, 0.717) is 6.04 Å². The predicted molar refractivity (Wildman–Crippen MR) is 88.7 cm³/mol. The number of piperazine rings is 1. The van der Waals surface area contributed by atoms with Gasteiger partial charge in [0.25, 0.3) is 0 Å². The van der Waals surface area contributed by atoms with Crippen molar-refractivity contribution in [2.75, 3.05) is 39.0 Å². The van der Waals surface area contributed by atoms with Crippen LogP contribution in [0.3, 0.4) is 0 Å². The molecule has 1 fully saturated rings. The Bertz CT molecular complexity index is 625. The summed E-state index contributed by atoms with van der Waals surface area (Å²) in [6, 6.07) is 11.2. The number of pyridine rings is 1. The monoisotopic (exact) mass is 284 g/mol. The molecule has 0 saturated carbocycles. The Morgan fingerprint density at radius 2 is 2.10 bits per heavy atom. The lowest BCUT2D eigenvalue weighted by molar-refractivity contribution is 0.100. The smallest absolute Gasteiger partial charge is 0.130 e. The van der Waals surface area contributed by atoms with Crippen molar-refractivity contribution in [1.29, 1.82) is 0 Å². The van der Waals surface area contributed by atoms with Crippen LogP contribution < -0.4 is 5.32 Å². The molecule has 1 unspecified atom stereocenters. The minimum absolute atomic E-state index is 0.616. The number of nitrogens with zero attached hydrogens (tertiary/aromatic N) is 3. The average molecular weight is 284 g/mol. The molecule has 1 aromatic heterocycles. The fourth-order valence-electron chi connectivity index (χ4n) is 3.01. The molecular weight excluding hydrogens is 260 g/mol. The van der Waals surface area contributed by atoms with Crippen molar-refractivity contribution >= 4 is 16.7 Å². The van der Waals surface area contributed by atoms with Gasteiger partial charge in [-0.05, 0) is 26.1 Å². The SMILES string of the molecule is CNc1nc2ccccc2cc1CN1CCN(C)C(C)C1. The molecule has 3 rings (SSSR count). The van der Waals surface area contributed by atoms with Crippen LogP contribution in [0.2, 0.25) is 0 Å². The Labute approximate surface area is 126 Å². The molecule has 1 aliphatic rings. The van der Waals surface area contributed by atoms with E-state index in [4.69, 9.17) is 4.98 Å². The number of hydrogen-bond donors (Lipinski definition) is 1. The number of likely N-dealkylation sites (N-methyl/N-ethyl adjacent to an activating group) is 1. The largest absolute Gasteiger partial charge is 0.373 e. The second-order valence-electron chi connectivity index (χ2n) is 6.00. The highest BCUT2D eigenvalue weighted by atomic mass is 15.3. The van der Waals surface area contributed by atoms with Gasteiger partial charge < -0.3 is 10.2 Å². The van der Waals surface area contributed by atoms with Gasteiger partial charge in [-0.3, -0.25) is 4.90 Å². The number of benzene rings is 1. The fourth-order valence-corrected chi connectivity index (χ4v) is 3.01. The number of nitrogens with one attached hydrogen (secondary N) is 1. The zero-order chi connectivity index (χ0) is 14.8. The standard InChI is InChI=1S/C17H24N4/c1-13-11-21(9-8-20(13)3)12-15-10-14-6-4-5-7-16(14)19-17(15)18-2/h4-7,10,13H,8-9,11-12H2,1-3H3,(H,18,19). The molecule has 0 spiro atoms. The van der Waals surface area contributed by atoms with E-state index in [9.17, 15) is 0 Å². The van der Waals surface area contributed by atoms with Crippen molar-refractivity contribution in [2.24, 2.45) is 0 Å². The molecule has 0 aliphatic carbocycles. The molecule has 4 heteroatoms. The third kappa shape index (κ3) is 3.01. The Hall–Kier alpha value is -1.65. The van der Waals surface area contributed by atoms with Gasteiger partial charge in [0.15, 0.2) is 0 Å². The molecule has 1 saturated heterocycles. The van der Waals surface area contributed by atoms with E-state index in [1.54, 1.807) is 0 Å². The molecule has 21 heavy (non-hydrogen) atoms. The highest BCUT2D eigenvalue weighted by molar-refractivity contribution is 5.81. The van der Waals surface area contributed by atoms with E-state index in [0.717, 1.165) is 37.5 Å². The Balaban J connectivity index is 1.85. The van der Waals surface area contributed by atoms with E-state index in [1.165, 1.54) is 10.9 Å². The first-order chi connectivity index (χ1) is 10.2. The van der Waals surface area contributed by atoms with Crippen molar-refractivity contribution in [3.8, 4) is 0 Å². The van der Waals surface area contributed by atoms with Crippen LogP contribution in [0.5, 0.6) is 0 Å². The molecular formula is C17H24N4. The maximum atomic E-state index is 4.74. The van der Waals surface area contributed by atoms with Crippen molar-refractivity contribution < 1.29 is 0 Å². The van der Waals surface area contributed by atoms with Crippen LogP contribution in [0.15, 0.2) is 30.3 Å². The summed E-state index contributed by atoms with van der Waals surface area (Å²) < 4.78 is 0. The van der Waals surface area contributed by atoms with Crippen molar-refractivity contribution in [3.05, 3.63) is 35.9 Å². The van der Waals surface area contributed by atoms with E-state index in [1.807, 2.05) is 13.1 Å². The topological polar surface area (TPSA) is 31.4 Å². The summed E-state index contributed by atoms with van der Waals surface area (Å²) in [7, 11) is 4.16. The van der Waals surface area contributed by atoms with Gasteiger partial charge in [0.2, 0.25) is 0 Å². The molecule has 2 aromatic rings. The second kappa shape index (κ2) is 6.00. The molecule has 0 radical (unpaired) electrons. The van der Waals surface area contributed by atoms with Gasteiger partial charge in [-0.2, -0.15) is 0 Å². The number of hydrogen-bond acceptors (Lipinski definition) is 4. The Morgan fingerprint density at radius 1 is 1.29 bits per heavy atom. The lowest BCUT2D eigenvalue weighted by atomic mass is 10.1. The third-order valence-corrected chi connectivity index (χ3v) is 4.48. The number of fused-ring (bicyclic) bond motifs is 1. The molecule has 0 bridgehead atoms. The first kappa shape index (κ1) is 14.3. The summed E-state index contributed by atoms with van der Waals surface area (Å²) in [6.45, 7) is 6.64. The van der Waals surface area contributed by atoms with Gasteiger partial charge in [0, 0.05) is 50.2 Å². The van der Waals surface area contributed by atoms with E-state index < -0.39 is 0 Å². The first-order valence-electron chi connectivity index (χ1n) is 7.66. The van der Waals surface area contributed by atoms with Crippen molar-refractivity contribution in [2.45, 2.75) is 19.5 Å². The van der Waals surface area contributed by atoms with Crippen LogP contribution in [0.4, 0.5) is 5.82 Å². The molecule has 2 heterocycles. The van der Waals surface area contributed by atoms with Gasteiger partial charge >= 0.3 is 0 Å². The van der Waals surface area contributed by atoms with E-state index >= 15 is 0 Å². The van der Waals surface area contributed by atoms with Gasteiger partial charge in [0.05, 0.1) is 5.52 Å². The fraction of sp³-hybridized carbons (Fsp3) is 0.471. The average Bonchev–Trinajstić information content (AvgIpc) is 2.50. The molecule has 112 valence electrons. The molecule has 1 N–H and O–H groups in total. The molecule has 0 amide bonds. The molecule has 1 atom stereocenters. The quantitative estimate of drug-likeness (QED) is 0.938. The number of anilines is 1. The lowest BCUT2D eigenvalue weighted by Gasteiger charge is -2.37. The maximum absolute atomic E-state index is 4.74. The minimum Gasteiger partial charge on any atom is -0.373 e. The van der Waals surface area contributed by atoms with Crippen LogP contribution in [0.1, 0.15) is 12.5 Å². The maximum Gasteiger partial charge on any atom is 0.130 e. The van der Waals surface area contributed by atoms with Crippen molar-refractivity contribution in [3.63, 3.8) is 0 Å². The van der Waals surface area contributed by atoms with Crippen LogP contribution in [0, 0.1) is 0 Å². The van der Waals surface area contributed by atoms with Crippen LogP contribution >= 0.6 is 0 Å².